The Labute approximate surface area is 198 Å². The third-order valence-electron chi connectivity index (χ3n) is 4.48. The number of carbonyl (C=O) groups is 1. The normalized spacial score (nSPS) is 15.2. The Kier molecular flexibility index (Phi) is 6.64. The molecule has 0 saturated heterocycles. The Balaban J connectivity index is 1.67. The van der Waals surface area contributed by atoms with Gasteiger partial charge < -0.3 is 4.52 Å². The van der Waals surface area contributed by atoms with E-state index in [4.69, 9.17) is 27.7 Å². The van der Waals surface area contributed by atoms with Crippen molar-refractivity contribution in [1.29, 1.82) is 0 Å². The highest BCUT2D eigenvalue weighted by Crippen LogP contribution is 2.33. The third-order valence-corrected chi connectivity index (χ3v) is 6.15. The number of carbonyl (C=O) groups excluding carboxylic acids is 1. The number of rotatable bonds is 5. The highest BCUT2D eigenvalue weighted by atomic mass is 35.5. The SMILES string of the molecule is CC(C)c1nc(CSC2=N/C(=C/c3ccc(Cl)c(Cl)c3)C(=O)N2c2ccccc2F)no1. The largest absolute Gasteiger partial charge is 0.339 e. The summed E-state index contributed by atoms with van der Waals surface area (Å²) in [5, 5.41) is 5.02. The molecule has 2 aromatic carbocycles. The monoisotopic (exact) mass is 490 g/mol. The number of amidine groups is 1. The van der Waals surface area contributed by atoms with Crippen molar-refractivity contribution >= 4 is 57.8 Å². The van der Waals surface area contributed by atoms with E-state index in [-0.39, 0.29) is 17.3 Å². The number of hydrogen-bond donors (Lipinski definition) is 0. The predicted molar refractivity (Wildman–Crippen MR) is 125 cm³/mol. The standard InChI is InChI=1S/C22H17Cl2FN4O2S/c1-12(2)20-27-19(28-31-20)11-32-22-26-17(10-13-7-8-14(23)15(24)9-13)21(30)29(22)18-6-4-3-5-16(18)25/h3-10,12H,11H2,1-2H3/b17-10+. The van der Waals surface area contributed by atoms with Crippen LogP contribution >= 0.6 is 35.0 Å². The lowest BCUT2D eigenvalue weighted by molar-refractivity contribution is -0.113. The van der Waals surface area contributed by atoms with Crippen molar-refractivity contribution in [2.75, 3.05) is 4.90 Å². The number of aliphatic imine (C=N–C) groups is 1. The number of halogens is 3. The quantitative estimate of drug-likeness (QED) is 0.391. The molecule has 0 bridgehead atoms. The second-order valence-electron chi connectivity index (χ2n) is 7.18. The van der Waals surface area contributed by atoms with E-state index in [1.54, 1.807) is 36.4 Å². The number of benzene rings is 2. The summed E-state index contributed by atoms with van der Waals surface area (Å²) in [5.41, 5.74) is 0.897. The van der Waals surface area contributed by atoms with Gasteiger partial charge in [0.15, 0.2) is 11.0 Å². The first-order chi connectivity index (χ1) is 15.3. The Morgan fingerprint density at radius 3 is 2.66 bits per heavy atom. The highest BCUT2D eigenvalue weighted by Gasteiger charge is 2.33. The van der Waals surface area contributed by atoms with Crippen molar-refractivity contribution in [3.8, 4) is 0 Å². The van der Waals surface area contributed by atoms with E-state index in [1.165, 1.54) is 28.8 Å². The van der Waals surface area contributed by atoms with E-state index < -0.39 is 11.7 Å². The number of amides is 1. The van der Waals surface area contributed by atoms with Crippen LogP contribution in [0.4, 0.5) is 10.1 Å². The maximum absolute atomic E-state index is 14.5. The zero-order valence-corrected chi connectivity index (χ0v) is 19.4. The number of anilines is 1. The van der Waals surface area contributed by atoms with Gasteiger partial charge in [-0.1, -0.05) is 72.2 Å². The van der Waals surface area contributed by atoms with Crippen LogP contribution in [0.2, 0.25) is 10.0 Å². The summed E-state index contributed by atoms with van der Waals surface area (Å²) in [5.74, 6) is 0.391. The van der Waals surface area contributed by atoms with Crippen LogP contribution in [0, 0.1) is 5.82 Å². The second kappa shape index (κ2) is 9.44. The van der Waals surface area contributed by atoms with Crippen LogP contribution in [0.15, 0.2) is 57.7 Å². The minimum absolute atomic E-state index is 0.0993. The molecule has 32 heavy (non-hydrogen) atoms. The molecule has 0 atom stereocenters. The lowest BCUT2D eigenvalue weighted by Gasteiger charge is -2.17. The summed E-state index contributed by atoms with van der Waals surface area (Å²) in [6, 6.07) is 11.0. The second-order valence-corrected chi connectivity index (χ2v) is 8.94. The Morgan fingerprint density at radius 2 is 1.97 bits per heavy atom. The smallest absolute Gasteiger partial charge is 0.283 e. The zero-order valence-electron chi connectivity index (χ0n) is 17.1. The van der Waals surface area contributed by atoms with E-state index >= 15 is 0 Å². The molecule has 0 saturated carbocycles. The van der Waals surface area contributed by atoms with E-state index in [0.717, 1.165) is 0 Å². The fourth-order valence-electron chi connectivity index (χ4n) is 2.89. The number of thioether (sulfide) groups is 1. The molecular formula is C22H17Cl2FN4O2S. The van der Waals surface area contributed by atoms with Gasteiger partial charge >= 0.3 is 0 Å². The lowest BCUT2D eigenvalue weighted by Crippen LogP contribution is -2.31. The first-order valence-electron chi connectivity index (χ1n) is 9.63. The molecule has 1 aromatic heterocycles. The molecule has 3 aromatic rings. The summed E-state index contributed by atoms with van der Waals surface area (Å²) in [6.45, 7) is 3.90. The van der Waals surface area contributed by atoms with Crippen molar-refractivity contribution in [2.45, 2.75) is 25.5 Å². The summed E-state index contributed by atoms with van der Waals surface area (Å²) in [6.07, 6.45) is 1.58. The molecule has 0 unspecified atom stereocenters. The van der Waals surface area contributed by atoms with Gasteiger partial charge in [-0.25, -0.2) is 9.38 Å². The van der Waals surface area contributed by atoms with Crippen molar-refractivity contribution in [1.82, 2.24) is 10.1 Å². The molecule has 2 heterocycles. The van der Waals surface area contributed by atoms with Gasteiger partial charge in [0.25, 0.3) is 5.91 Å². The number of para-hydroxylation sites is 1. The van der Waals surface area contributed by atoms with Gasteiger partial charge in [0, 0.05) is 5.92 Å². The van der Waals surface area contributed by atoms with Gasteiger partial charge in [-0.2, -0.15) is 4.98 Å². The Hall–Kier alpha value is -2.68. The molecule has 0 aliphatic carbocycles. The molecular weight excluding hydrogens is 474 g/mol. The highest BCUT2D eigenvalue weighted by molar-refractivity contribution is 8.13. The Morgan fingerprint density at radius 1 is 1.19 bits per heavy atom. The summed E-state index contributed by atoms with van der Waals surface area (Å²) in [7, 11) is 0. The first kappa shape index (κ1) is 22.5. The van der Waals surface area contributed by atoms with Crippen molar-refractivity contribution in [3.63, 3.8) is 0 Å². The van der Waals surface area contributed by atoms with E-state index in [1.807, 2.05) is 13.8 Å². The average molecular weight is 491 g/mol. The maximum Gasteiger partial charge on any atom is 0.283 e. The molecule has 0 fully saturated rings. The fourth-order valence-corrected chi connectivity index (χ4v) is 4.04. The van der Waals surface area contributed by atoms with Crippen LogP contribution in [0.5, 0.6) is 0 Å². The minimum Gasteiger partial charge on any atom is -0.339 e. The van der Waals surface area contributed by atoms with Crippen molar-refractivity contribution in [3.05, 3.63) is 81.3 Å². The molecule has 1 amide bonds. The first-order valence-corrected chi connectivity index (χ1v) is 11.4. The van der Waals surface area contributed by atoms with Gasteiger partial charge in [0.05, 0.1) is 21.5 Å². The number of hydrogen-bond acceptors (Lipinski definition) is 6. The van der Waals surface area contributed by atoms with Crippen LogP contribution in [0.3, 0.4) is 0 Å². The third kappa shape index (κ3) is 4.72. The Bertz CT molecular complexity index is 1240. The fraction of sp³-hybridized carbons (Fsp3) is 0.182. The van der Waals surface area contributed by atoms with Crippen LogP contribution in [0.1, 0.15) is 37.0 Å². The topological polar surface area (TPSA) is 71.6 Å². The van der Waals surface area contributed by atoms with E-state index in [2.05, 4.69) is 15.1 Å². The van der Waals surface area contributed by atoms with Gasteiger partial charge in [0.1, 0.15) is 11.5 Å². The molecule has 6 nitrogen and oxygen atoms in total. The zero-order chi connectivity index (χ0) is 22.8. The van der Waals surface area contributed by atoms with Gasteiger partial charge in [0.2, 0.25) is 5.89 Å². The molecule has 1 aliphatic rings. The molecule has 1 aliphatic heterocycles. The van der Waals surface area contributed by atoms with Crippen molar-refractivity contribution < 1.29 is 13.7 Å². The van der Waals surface area contributed by atoms with Gasteiger partial charge in [-0.05, 0) is 35.9 Å². The van der Waals surface area contributed by atoms with Crippen LogP contribution < -0.4 is 4.90 Å². The molecule has 0 spiro atoms. The lowest BCUT2D eigenvalue weighted by atomic mass is 10.2. The molecule has 0 N–H and O–H groups in total. The number of nitrogens with zero attached hydrogens (tertiary/aromatic N) is 4. The van der Waals surface area contributed by atoms with Gasteiger partial charge in [-0.15, -0.1) is 0 Å². The van der Waals surface area contributed by atoms with Gasteiger partial charge in [-0.3, -0.25) is 9.69 Å². The summed E-state index contributed by atoms with van der Waals surface area (Å²) >= 11 is 13.3. The molecule has 164 valence electrons. The maximum atomic E-state index is 14.5. The van der Waals surface area contributed by atoms with Crippen LogP contribution in [-0.2, 0) is 10.5 Å². The predicted octanol–water partition coefficient (Wildman–Crippen LogP) is 6.32. The van der Waals surface area contributed by atoms with Crippen LogP contribution in [-0.4, -0.2) is 21.2 Å². The summed E-state index contributed by atoms with van der Waals surface area (Å²) < 4.78 is 19.8. The molecule has 4 rings (SSSR count). The van der Waals surface area contributed by atoms with E-state index in [0.29, 0.717) is 38.2 Å². The van der Waals surface area contributed by atoms with Crippen LogP contribution in [0.25, 0.3) is 6.08 Å². The van der Waals surface area contributed by atoms with Crippen molar-refractivity contribution in [2.24, 2.45) is 4.99 Å². The summed E-state index contributed by atoms with van der Waals surface area (Å²) in [4.78, 5) is 23.2. The van der Waals surface area contributed by atoms with E-state index in [9.17, 15) is 9.18 Å². The number of aromatic nitrogens is 2. The minimum atomic E-state index is -0.536. The molecule has 10 heteroatoms. The average Bonchev–Trinajstić information content (AvgIpc) is 3.35. The molecule has 0 radical (unpaired) electrons.